The molecule has 0 radical (unpaired) electrons. The van der Waals surface area contributed by atoms with Crippen LogP contribution in [-0.4, -0.2) is 28.0 Å². The van der Waals surface area contributed by atoms with Crippen LogP contribution in [0.25, 0.3) is 0 Å². The predicted octanol–water partition coefficient (Wildman–Crippen LogP) is 6.25. The Balaban J connectivity index is 1.63. The first-order valence-corrected chi connectivity index (χ1v) is 12.6. The summed E-state index contributed by atoms with van der Waals surface area (Å²) in [6.07, 6.45) is 0.567. The predicted molar refractivity (Wildman–Crippen MR) is 135 cm³/mol. The molecule has 0 aromatic heterocycles. The Morgan fingerprint density at radius 1 is 0.941 bits per heavy atom. The maximum absolute atomic E-state index is 13.0. The zero-order chi connectivity index (χ0) is 24.7. The quantitative estimate of drug-likeness (QED) is 0.295. The van der Waals surface area contributed by atoms with Gasteiger partial charge in [0, 0.05) is 17.1 Å². The maximum Gasteiger partial charge on any atom is 0.265 e. The van der Waals surface area contributed by atoms with Gasteiger partial charge in [-0.15, -0.1) is 0 Å². The van der Waals surface area contributed by atoms with E-state index in [2.05, 4.69) is 10.0 Å². The summed E-state index contributed by atoms with van der Waals surface area (Å²) in [5.41, 5.74) is 0.522. The van der Waals surface area contributed by atoms with Crippen LogP contribution in [0.2, 0.25) is 15.1 Å². The van der Waals surface area contributed by atoms with Crippen LogP contribution < -0.4 is 19.5 Å². The Labute approximate surface area is 213 Å². The van der Waals surface area contributed by atoms with Crippen LogP contribution in [0.3, 0.4) is 0 Å². The number of methoxy groups -OCH3 is 1. The number of hydrogen-bond donors (Lipinski definition) is 2. The van der Waals surface area contributed by atoms with Gasteiger partial charge >= 0.3 is 0 Å². The number of nitrogens with one attached hydrogen (secondary N) is 2. The molecule has 3 aromatic carbocycles. The summed E-state index contributed by atoms with van der Waals surface area (Å²) in [6.45, 7) is 0.263. The summed E-state index contributed by atoms with van der Waals surface area (Å²) >= 11 is 18.0. The van der Waals surface area contributed by atoms with E-state index in [1.165, 1.54) is 25.3 Å². The summed E-state index contributed by atoms with van der Waals surface area (Å²) in [5, 5.41) is 3.82. The van der Waals surface area contributed by atoms with E-state index in [9.17, 15) is 13.2 Å². The first kappa shape index (κ1) is 26.0. The molecule has 0 saturated heterocycles. The van der Waals surface area contributed by atoms with Crippen molar-refractivity contribution in [2.24, 2.45) is 0 Å². The Bertz CT molecular complexity index is 1290. The van der Waals surface area contributed by atoms with Crippen LogP contribution in [0.1, 0.15) is 12.8 Å². The SMILES string of the molecule is COc1ccc(NC(=O)CCCOc2ccc(Cl)cc2Cl)cc1S(=O)(=O)Nc1ccccc1Cl. The monoisotopic (exact) mass is 542 g/mol. The number of ether oxygens (including phenoxy) is 2. The Morgan fingerprint density at radius 3 is 2.38 bits per heavy atom. The number of para-hydroxylation sites is 1. The van der Waals surface area contributed by atoms with Crippen molar-refractivity contribution >= 4 is 62.1 Å². The second-order valence-electron chi connectivity index (χ2n) is 7.03. The molecule has 0 bridgehead atoms. The van der Waals surface area contributed by atoms with Crippen LogP contribution >= 0.6 is 34.8 Å². The molecule has 0 aliphatic heterocycles. The molecule has 3 aromatic rings. The molecule has 0 spiro atoms. The molecule has 0 heterocycles. The van der Waals surface area contributed by atoms with Gasteiger partial charge in [0.05, 0.1) is 29.4 Å². The second kappa shape index (κ2) is 11.7. The number of hydrogen-bond acceptors (Lipinski definition) is 5. The Kier molecular flexibility index (Phi) is 8.90. The van der Waals surface area contributed by atoms with E-state index < -0.39 is 10.0 Å². The van der Waals surface area contributed by atoms with E-state index in [4.69, 9.17) is 44.3 Å². The van der Waals surface area contributed by atoms with Crippen molar-refractivity contribution in [1.82, 2.24) is 0 Å². The first-order valence-electron chi connectivity index (χ1n) is 10.0. The zero-order valence-corrected chi connectivity index (χ0v) is 21.1. The summed E-state index contributed by atoms with van der Waals surface area (Å²) in [7, 11) is -2.69. The number of carbonyl (C=O) groups excluding carboxylic acids is 1. The molecule has 180 valence electrons. The summed E-state index contributed by atoms with van der Waals surface area (Å²) in [4.78, 5) is 12.2. The van der Waals surface area contributed by atoms with E-state index in [1.54, 1.807) is 42.5 Å². The normalized spacial score (nSPS) is 11.1. The summed E-state index contributed by atoms with van der Waals surface area (Å²) < 4.78 is 39.1. The molecule has 0 fully saturated rings. The van der Waals surface area contributed by atoms with E-state index in [0.29, 0.717) is 27.9 Å². The largest absolute Gasteiger partial charge is 0.495 e. The van der Waals surface area contributed by atoms with Crippen LogP contribution in [0, 0.1) is 0 Å². The molecule has 0 unspecified atom stereocenters. The van der Waals surface area contributed by atoms with Crippen molar-refractivity contribution in [2.45, 2.75) is 17.7 Å². The lowest BCUT2D eigenvalue weighted by atomic mass is 10.2. The standard InChI is InChI=1S/C23H21Cl3N2O5S/c1-32-21-11-9-16(14-22(21)34(30,31)28-19-6-3-2-5-17(19)25)27-23(29)7-4-12-33-20-10-8-15(24)13-18(20)26/h2-3,5-6,8-11,13-14,28H,4,7,12H2,1H3,(H,27,29). The van der Waals surface area contributed by atoms with E-state index in [1.807, 2.05) is 0 Å². The van der Waals surface area contributed by atoms with Crippen molar-refractivity contribution in [3.05, 3.63) is 75.7 Å². The van der Waals surface area contributed by atoms with Crippen LogP contribution in [0.15, 0.2) is 65.6 Å². The van der Waals surface area contributed by atoms with Crippen LogP contribution in [-0.2, 0) is 14.8 Å². The summed E-state index contributed by atoms with van der Waals surface area (Å²) in [6, 6.07) is 15.7. The van der Waals surface area contributed by atoms with Crippen molar-refractivity contribution < 1.29 is 22.7 Å². The fourth-order valence-electron chi connectivity index (χ4n) is 2.94. The number of sulfonamides is 1. The van der Waals surface area contributed by atoms with E-state index >= 15 is 0 Å². The van der Waals surface area contributed by atoms with Crippen molar-refractivity contribution in [2.75, 3.05) is 23.8 Å². The lowest BCUT2D eigenvalue weighted by Gasteiger charge is -2.14. The topological polar surface area (TPSA) is 93.7 Å². The number of carbonyl (C=O) groups is 1. The second-order valence-corrected chi connectivity index (χ2v) is 9.93. The molecule has 1 amide bonds. The number of halogens is 3. The third-order valence-corrected chi connectivity index (χ3v) is 6.80. The van der Waals surface area contributed by atoms with Gasteiger partial charge < -0.3 is 14.8 Å². The fourth-order valence-corrected chi connectivity index (χ4v) is 4.92. The molecular weight excluding hydrogens is 523 g/mol. The van der Waals surface area contributed by atoms with Gasteiger partial charge in [-0.1, -0.05) is 46.9 Å². The lowest BCUT2D eigenvalue weighted by Crippen LogP contribution is -2.16. The first-order chi connectivity index (χ1) is 16.2. The number of benzene rings is 3. The van der Waals surface area contributed by atoms with Crippen LogP contribution in [0.5, 0.6) is 11.5 Å². The number of amides is 1. The molecule has 7 nitrogen and oxygen atoms in total. The van der Waals surface area contributed by atoms with Gasteiger partial charge in [-0.05, 0) is 55.0 Å². The average Bonchev–Trinajstić information content (AvgIpc) is 2.79. The van der Waals surface area contributed by atoms with Crippen LogP contribution in [0.4, 0.5) is 11.4 Å². The van der Waals surface area contributed by atoms with Gasteiger partial charge in [0.15, 0.2) is 0 Å². The van der Waals surface area contributed by atoms with Gasteiger partial charge in [0.25, 0.3) is 10.0 Å². The molecule has 2 N–H and O–H groups in total. The molecule has 34 heavy (non-hydrogen) atoms. The smallest absolute Gasteiger partial charge is 0.265 e. The summed E-state index contributed by atoms with van der Waals surface area (Å²) in [5.74, 6) is 0.284. The molecular formula is C23H21Cl3N2O5S. The third kappa shape index (κ3) is 6.93. The number of anilines is 2. The molecule has 0 aliphatic carbocycles. The fraction of sp³-hybridized carbons (Fsp3) is 0.174. The molecule has 0 aliphatic rings. The Morgan fingerprint density at radius 2 is 1.68 bits per heavy atom. The van der Waals surface area contributed by atoms with Crippen molar-refractivity contribution in [3.63, 3.8) is 0 Å². The van der Waals surface area contributed by atoms with Gasteiger partial charge in [0.2, 0.25) is 5.91 Å². The molecule has 3 rings (SSSR count). The van der Waals surface area contributed by atoms with E-state index in [0.717, 1.165) is 0 Å². The molecule has 0 atom stereocenters. The highest BCUT2D eigenvalue weighted by molar-refractivity contribution is 7.92. The van der Waals surface area contributed by atoms with E-state index in [-0.39, 0.29) is 40.3 Å². The average molecular weight is 544 g/mol. The highest BCUT2D eigenvalue weighted by Gasteiger charge is 2.22. The third-order valence-electron chi connectivity index (χ3n) is 4.55. The lowest BCUT2D eigenvalue weighted by molar-refractivity contribution is -0.116. The minimum absolute atomic E-state index is 0.116. The molecule has 0 saturated carbocycles. The van der Waals surface area contributed by atoms with Gasteiger partial charge in [-0.2, -0.15) is 0 Å². The minimum atomic E-state index is -4.05. The number of rotatable bonds is 10. The Hall–Kier alpha value is -2.65. The van der Waals surface area contributed by atoms with Gasteiger partial charge in [-0.3, -0.25) is 9.52 Å². The van der Waals surface area contributed by atoms with Gasteiger partial charge in [-0.25, -0.2) is 8.42 Å². The highest BCUT2D eigenvalue weighted by atomic mass is 35.5. The minimum Gasteiger partial charge on any atom is -0.495 e. The van der Waals surface area contributed by atoms with Crippen molar-refractivity contribution in [1.29, 1.82) is 0 Å². The molecule has 11 heteroatoms. The maximum atomic E-state index is 13.0. The van der Waals surface area contributed by atoms with Crippen molar-refractivity contribution in [3.8, 4) is 11.5 Å². The van der Waals surface area contributed by atoms with Gasteiger partial charge in [0.1, 0.15) is 16.4 Å². The highest BCUT2D eigenvalue weighted by Crippen LogP contribution is 2.31. The zero-order valence-electron chi connectivity index (χ0n) is 18.0.